The van der Waals surface area contributed by atoms with E-state index in [1.807, 2.05) is 0 Å². The zero-order chi connectivity index (χ0) is 41.9. The van der Waals surface area contributed by atoms with Crippen molar-refractivity contribution in [3.63, 3.8) is 0 Å². The summed E-state index contributed by atoms with van der Waals surface area (Å²) in [7, 11) is 0. The lowest BCUT2D eigenvalue weighted by molar-refractivity contribution is 0.282. The second-order valence-corrected chi connectivity index (χ2v) is 17.0. The summed E-state index contributed by atoms with van der Waals surface area (Å²) in [4.78, 5) is 0. The normalized spacial score (nSPS) is 11.6. The van der Waals surface area contributed by atoms with E-state index in [0.29, 0.717) is 19.8 Å². The molecule has 0 aliphatic carbocycles. The van der Waals surface area contributed by atoms with Crippen molar-refractivity contribution in [1.82, 2.24) is 0 Å². The summed E-state index contributed by atoms with van der Waals surface area (Å²) in [6.45, 7) is 5.52. The van der Waals surface area contributed by atoms with E-state index in [1.165, 1.54) is 132 Å². The van der Waals surface area contributed by atoms with Crippen molar-refractivity contribution < 1.29 is 29.5 Å². The van der Waals surface area contributed by atoms with E-state index >= 15 is 0 Å². The maximum Gasteiger partial charge on any atom is 0.119 e. The first-order chi connectivity index (χ1) is 29.1. The van der Waals surface area contributed by atoms with E-state index in [-0.39, 0.29) is 5.41 Å². The number of benzene rings is 3. The second-order valence-electron chi connectivity index (χ2n) is 17.0. The van der Waals surface area contributed by atoms with Crippen molar-refractivity contribution in [2.24, 2.45) is 0 Å². The molecule has 0 saturated heterocycles. The van der Waals surface area contributed by atoms with Gasteiger partial charge >= 0.3 is 0 Å². The molecule has 0 aromatic heterocycles. The Balaban J connectivity index is 1.53. The van der Waals surface area contributed by atoms with Crippen LogP contribution in [0.3, 0.4) is 0 Å². The summed E-state index contributed by atoms with van der Waals surface area (Å²) in [5.74, 6) is 2.76. The molecular formula is C53H84O6. The lowest BCUT2D eigenvalue weighted by Crippen LogP contribution is -2.25. The van der Waals surface area contributed by atoms with Crippen LogP contribution in [0.15, 0.2) is 72.8 Å². The molecule has 0 bridgehead atoms. The first-order valence-corrected chi connectivity index (χ1v) is 24.1. The molecule has 0 aliphatic rings. The molecule has 3 aromatic rings. The van der Waals surface area contributed by atoms with Crippen LogP contribution in [0.4, 0.5) is 0 Å². The number of hydrogen-bond acceptors (Lipinski definition) is 6. The summed E-state index contributed by atoms with van der Waals surface area (Å²) in [6, 6.07) is 26.1. The first-order valence-electron chi connectivity index (χ1n) is 24.1. The number of aliphatic hydroxyl groups excluding tert-OH is 3. The topological polar surface area (TPSA) is 88.4 Å². The molecule has 0 spiro atoms. The van der Waals surface area contributed by atoms with Gasteiger partial charge in [0.2, 0.25) is 0 Å². The van der Waals surface area contributed by atoms with Crippen molar-refractivity contribution in [3.8, 4) is 17.2 Å². The van der Waals surface area contributed by atoms with Crippen LogP contribution in [0.25, 0.3) is 0 Å². The first kappa shape index (κ1) is 50.3. The average molecular weight is 817 g/mol. The predicted molar refractivity (Wildman–Crippen MR) is 247 cm³/mol. The van der Waals surface area contributed by atoms with Gasteiger partial charge < -0.3 is 29.5 Å². The minimum atomic E-state index is -0.385. The summed E-state index contributed by atoms with van der Waals surface area (Å²) >= 11 is 0. The van der Waals surface area contributed by atoms with Crippen molar-refractivity contribution in [3.05, 3.63) is 89.5 Å². The Morgan fingerprint density at radius 2 is 0.475 bits per heavy atom. The molecule has 6 heteroatoms. The molecule has 0 fully saturated rings. The summed E-state index contributed by atoms with van der Waals surface area (Å²) in [6.07, 6.45) is 32.2. The van der Waals surface area contributed by atoms with Gasteiger partial charge in [-0.15, -0.1) is 0 Å². The van der Waals surface area contributed by atoms with Crippen LogP contribution >= 0.6 is 0 Å². The van der Waals surface area contributed by atoms with Gasteiger partial charge in [-0.2, -0.15) is 0 Å². The van der Waals surface area contributed by atoms with Crippen LogP contribution in [-0.2, 0) is 5.41 Å². The SMILES string of the molecule is CC(c1ccc(OCCCCCCCCCCCO)cc1)(c1ccc(OCCCCCCCCCCCO)cc1)c1ccc(OCCCCCCCCCCCO)cc1. The standard InChI is InChI=1S/C53H84O6/c1-53(47-29-35-50(36-30-47)57-44-26-20-14-8-2-5-11-17-23-41-54,48-31-37-51(38-32-48)58-45-27-21-15-9-3-6-12-18-24-42-55)49-33-39-52(40-34-49)59-46-28-22-16-10-4-7-13-19-25-43-56/h29-40,54-56H,2-28,41-46H2,1H3. The number of ether oxygens (including phenoxy) is 3. The third-order valence-electron chi connectivity index (χ3n) is 12.0. The third kappa shape index (κ3) is 21.9. The van der Waals surface area contributed by atoms with Gasteiger partial charge in [0.25, 0.3) is 0 Å². The van der Waals surface area contributed by atoms with Gasteiger partial charge in [-0.1, -0.05) is 171 Å². The van der Waals surface area contributed by atoms with Crippen LogP contribution in [0.5, 0.6) is 17.2 Å². The third-order valence-corrected chi connectivity index (χ3v) is 12.0. The van der Waals surface area contributed by atoms with E-state index in [2.05, 4.69) is 79.7 Å². The van der Waals surface area contributed by atoms with E-state index < -0.39 is 0 Å². The van der Waals surface area contributed by atoms with Gasteiger partial charge in [-0.3, -0.25) is 0 Å². The smallest absolute Gasteiger partial charge is 0.119 e. The van der Waals surface area contributed by atoms with Gasteiger partial charge in [-0.25, -0.2) is 0 Å². The number of aliphatic hydroxyl groups is 3. The maximum atomic E-state index is 8.94. The van der Waals surface area contributed by atoms with Crippen LogP contribution in [0.1, 0.15) is 197 Å². The highest BCUT2D eigenvalue weighted by Crippen LogP contribution is 2.40. The maximum absolute atomic E-state index is 8.94. The second kappa shape index (κ2) is 33.6. The molecule has 0 saturated carbocycles. The summed E-state index contributed by atoms with van der Waals surface area (Å²) < 4.78 is 18.6. The molecule has 0 atom stereocenters. The minimum absolute atomic E-state index is 0.321. The molecule has 0 aliphatic heterocycles. The quantitative estimate of drug-likeness (QED) is 0.0393. The molecule has 3 aromatic carbocycles. The molecule has 59 heavy (non-hydrogen) atoms. The van der Waals surface area contributed by atoms with Gasteiger partial charge in [0, 0.05) is 25.2 Å². The molecule has 0 heterocycles. The Morgan fingerprint density at radius 1 is 0.288 bits per heavy atom. The number of hydrogen-bond donors (Lipinski definition) is 3. The Labute approximate surface area is 360 Å². The molecule has 3 N–H and O–H groups in total. The van der Waals surface area contributed by atoms with Crippen molar-refractivity contribution in [2.75, 3.05) is 39.6 Å². The van der Waals surface area contributed by atoms with Gasteiger partial charge in [0.05, 0.1) is 19.8 Å². The van der Waals surface area contributed by atoms with Crippen LogP contribution in [0, 0.1) is 0 Å². The summed E-state index contributed by atoms with van der Waals surface area (Å²) in [5, 5.41) is 26.8. The highest BCUT2D eigenvalue weighted by atomic mass is 16.5. The highest BCUT2D eigenvalue weighted by Gasteiger charge is 2.31. The van der Waals surface area contributed by atoms with Crippen LogP contribution < -0.4 is 14.2 Å². The predicted octanol–water partition coefficient (Wildman–Crippen LogP) is 13.7. The fourth-order valence-electron chi connectivity index (χ4n) is 8.08. The fraction of sp³-hybridized carbons (Fsp3) is 0.660. The average Bonchev–Trinajstić information content (AvgIpc) is 3.27. The number of unbranched alkanes of at least 4 members (excludes halogenated alkanes) is 24. The van der Waals surface area contributed by atoms with Gasteiger partial charge in [0.15, 0.2) is 0 Å². The molecule has 6 nitrogen and oxygen atoms in total. The van der Waals surface area contributed by atoms with E-state index in [1.54, 1.807) is 0 Å². The lowest BCUT2D eigenvalue weighted by Gasteiger charge is -2.32. The van der Waals surface area contributed by atoms with Crippen molar-refractivity contribution >= 4 is 0 Å². The lowest BCUT2D eigenvalue weighted by atomic mass is 9.71. The largest absolute Gasteiger partial charge is 0.494 e. The Bertz CT molecular complexity index is 1200. The van der Waals surface area contributed by atoms with Crippen LogP contribution in [-0.4, -0.2) is 55.0 Å². The minimum Gasteiger partial charge on any atom is -0.494 e. The van der Waals surface area contributed by atoms with Gasteiger partial charge in [-0.05, 0) is 98.5 Å². The molecule has 3 rings (SSSR count). The molecule has 0 radical (unpaired) electrons. The highest BCUT2D eigenvalue weighted by molar-refractivity contribution is 5.52. The van der Waals surface area contributed by atoms with E-state index in [9.17, 15) is 0 Å². The van der Waals surface area contributed by atoms with Crippen molar-refractivity contribution in [2.45, 2.75) is 186 Å². The molecular weight excluding hydrogens is 733 g/mol. The Hall–Kier alpha value is -3.06. The zero-order valence-corrected chi connectivity index (χ0v) is 37.3. The van der Waals surface area contributed by atoms with Crippen molar-refractivity contribution in [1.29, 1.82) is 0 Å². The Kier molecular flexibility index (Phi) is 28.7. The zero-order valence-electron chi connectivity index (χ0n) is 37.3. The summed E-state index contributed by atoms with van der Waals surface area (Å²) in [5.41, 5.74) is 3.26. The fourth-order valence-corrected chi connectivity index (χ4v) is 8.08. The Morgan fingerprint density at radius 3 is 0.678 bits per heavy atom. The molecule has 332 valence electrons. The van der Waals surface area contributed by atoms with E-state index in [0.717, 1.165) is 94.9 Å². The molecule has 0 unspecified atom stereocenters. The van der Waals surface area contributed by atoms with Gasteiger partial charge in [0.1, 0.15) is 17.2 Å². The molecule has 0 amide bonds. The van der Waals surface area contributed by atoms with Crippen LogP contribution in [0.2, 0.25) is 0 Å². The monoisotopic (exact) mass is 817 g/mol. The van der Waals surface area contributed by atoms with E-state index in [4.69, 9.17) is 29.5 Å². The number of rotatable bonds is 39.